The molecule has 156 valence electrons. The summed E-state index contributed by atoms with van der Waals surface area (Å²) in [7, 11) is 1.64. The lowest BCUT2D eigenvalue weighted by Gasteiger charge is -2.17. The number of hydrogen-bond acceptors (Lipinski definition) is 6. The molecule has 4 N–H and O–H groups in total. The number of ether oxygens (including phenoxy) is 1. The summed E-state index contributed by atoms with van der Waals surface area (Å²) in [5.41, 5.74) is 6.84. The highest BCUT2D eigenvalue weighted by atomic mass is 16.5. The molecule has 1 aromatic rings. The van der Waals surface area contributed by atoms with Crippen molar-refractivity contribution in [3.63, 3.8) is 0 Å². The highest BCUT2D eigenvalue weighted by Gasteiger charge is 2.43. The molecule has 1 atom stereocenters. The van der Waals surface area contributed by atoms with Crippen LogP contribution in [0.2, 0.25) is 0 Å². The SMILES string of the molecule is COCCC1(NC(=O)c2ccc(NC(=O)C(=CN)C3=CCC(C#N)C=C3)nc2)CC1. The second-order valence-corrected chi connectivity index (χ2v) is 7.43. The number of nitriles is 1. The van der Waals surface area contributed by atoms with Crippen LogP contribution < -0.4 is 16.4 Å². The second kappa shape index (κ2) is 9.37. The van der Waals surface area contributed by atoms with Gasteiger partial charge in [0.15, 0.2) is 0 Å². The number of anilines is 1. The fourth-order valence-corrected chi connectivity index (χ4v) is 3.20. The van der Waals surface area contributed by atoms with Crippen molar-refractivity contribution in [2.24, 2.45) is 11.7 Å². The number of methoxy groups -OCH3 is 1. The second-order valence-electron chi connectivity index (χ2n) is 7.43. The fourth-order valence-electron chi connectivity index (χ4n) is 3.20. The van der Waals surface area contributed by atoms with Crippen molar-refractivity contribution in [2.45, 2.75) is 31.2 Å². The third-order valence-electron chi connectivity index (χ3n) is 5.27. The fraction of sp³-hybridized carbons (Fsp3) is 0.364. The van der Waals surface area contributed by atoms with Crippen LogP contribution in [0.15, 0.2) is 53.9 Å². The Balaban J connectivity index is 1.59. The van der Waals surface area contributed by atoms with Crippen LogP contribution in [0, 0.1) is 17.2 Å². The quantitative estimate of drug-likeness (QED) is 0.566. The van der Waals surface area contributed by atoms with Gasteiger partial charge in [-0.15, -0.1) is 0 Å². The Labute approximate surface area is 175 Å². The number of carbonyl (C=O) groups is 2. The molecule has 8 nitrogen and oxygen atoms in total. The molecule has 30 heavy (non-hydrogen) atoms. The van der Waals surface area contributed by atoms with Crippen molar-refractivity contribution in [3.8, 4) is 6.07 Å². The first kappa shape index (κ1) is 21.3. The predicted octanol–water partition coefficient (Wildman–Crippen LogP) is 2.19. The van der Waals surface area contributed by atoms with Gasteiger partial charge in [0.25, 0.3) is 11.8 Å². The van der Waals surface area contributed by atoms with Gasteiger partial charge in [0, 0.05) is 31.7 Å². The highest BCUT2D eigenvalue weighted by molar-refractivity contribution is 6.07. The molecule has 1 aromatic heterocycles. The van der Waals surface area contributed by atoms with Gasteiger partial charge in [0.1, 0.15) is 5.82 Å². The van der Waals surface area contributed by atoms with Crippen molar-refractivity contribution in [2.75, 3.05) is 19.0 Å². The van der Waals surface area contributed by atoms with Crippen LogP contribution >= 0.6 is 0 Å². The molecule has 1 saturated carbocycles. The average molecular weight is 407 g/mol. The third kappa shape index (κ3) is 5.13. The highest BCUT2D eigenvalue weighted by Crippen LogP contribution is 2.38. The first-order chi connectivity index (χ1) is 14.5. The molecule has 8 heteroatoms. The average Bonchev–Trinajstić information content (AvgIpc) is 3.53. The first-order valence-electron chi connectivity index (χ1n) is 9.79. The Hall–Kier alpha value is -3.44. The Kier molecular flexibility index (Phi) is 6.65. The van der Waals surface area contributed by atoms with E-state index in [1.807, 2.05) is 6.08 Å². The topological polar surface area (TPSA) is 130 Å². The van der Waals surface area contributed by atoms with Crippen LogP contribution in [-0.4, -0.2) is 36.1 Å². The molecule has 0 bridgehead atoms. The molecule has 1 fully saturated rings. The summed E-state index contributed by atoms with van der Waals surface area (Å²) in [5, 5.41) is 14.7. The lowest BCUT2D eigenvalue weighted by atomic mass is 9.94. The summed E-state index contributed by atoms with van der Waals surface area (Å²) < 4.78 is 5.10. The summed E-state index contributed by atoms with van der Waals surface area (Å²) in [5.74, 6) is -0.488. The van der Waals surface area contributed by atoms with Gasteiger partial charge in [-0.3, -0.25) is 9.59 Å². The summed E-state index contributed by atoms with van der Waals surface area (Å²) in [6, 6.07) is 5.36. The molecule has 2 aliphatic carbocycles. The Bertz CT molecular complexity index is 937. The van der Waals surface area contributed by atoms with Crippen LogP contribution in [0.3, 0.4) is 0 Å². The van der Waals surface area contributed by atoms with Gasteiger partial charge < -0.3 is 21.1 Å². The van der Waals surface area contributed by atoms with Crippen LogP contribution in [0.25, 0.3) is 0 Å². The molecule has 0 saturated heterocycles. The van der Waals surface area contributed by atoms with E-state index in [1.165, 1.54) is 12.4 Å². The largest absolute Gasteiger partial charge is 0.404 e. The number of pyridine rings is 1. The third-order valence-corrected chi connectivity index (χ3v) is 5.27. The van der Waals surface area contributed by atoms with Crippen molar-refractivity contribution in [3.05, 3.63) is 59.5 Å². The molecule has 1 unspecified atom stereocenters. The van der Waals surface area contributed by atoms with Gasteiger partial charge in [-0.1, -0.05) is 18.2 Å². The molecule has 0 aromatic carbocycles. The molecule has 0 spiro atoms. The Morgan fingerprint density at radius 1 is 1.43 bits per heavy atom. The minimum atomic E-state index is -0.412. The maximum atomic E-state index is 12.6. The maximum absolute atomic E-state index is 12.6. The van der Waals surface area contributed by atoms with Gasteiger partial charge in [0.2, 0.25) is 0 Å². The summed E-state index contributed by atoms with van der Waals surface area (Å²) in [6.45, 7) is 0.600. The predicted molar refractivity (Wildman–Crippen MR) is 112 cm³/mol. The number of hydrogen-bond donors (Lipinski definition) is 3. The zero-order chi connectivity index (χ0) is 21.6. The van der Waals surface area contributed by atoms with E-state index < -0.39 is 5.91 Å². The van der Waals surface area contributed by atoms with Gasteiger partial charge >= 0.3 is 0 Å². The van der Waals surface area contributed by atoms with E-state index in [2.05, 4.69) is 21.7 Å². The number of allylic oxidation sites excluding steroid dienone is 3. The van der Waals surface area contributed by atoms with Crippen LogP contribution in [0.1, 0.15) is 36.0 Å². The molecule has 2 aliphatic rings. The zero-order valence-electron chi connectivity index (χ0n) is 16.9. The van der Waals surface area contributed by atoms with Crippen LogP contribution in [-0.2, 0) is 9.53 Å². The van der Waals surface area contributed by atoms with Gasteiger partial charge in [-0.25, -0.2) is 4.98 Å². The lowest BCUT2D eigenvalue weighted by Crippen LogP contribution is -2.37. The Morgan fingerprint density at radius 2 is 2.23 bits per heavy atom. The minimum absolute atomic E-state index is 0.174. The van der Waals surface area contributed by atoms with E-state index >= 15 is 0 Å². The number of rotatable bonds is 8. The number of amides is 2. The van der Waals surface area contributed by atoms with Gasteiger partial charge in [-0.2, -0.15) is 5.26 Å². The van der Waals surface area contributed by atoms with Gasteiger partial charge in [0.05, 0.1) is 23.1 Å². The van der Waals surface area contributed by atoms with Crippen molar-refractivity contribution in [1.29, 1.82) is 5.26 Å². The zero-order valence-corrected chi connectivity index (χ0v) is 16.9. The number of aromatic nitrogens is 1. The van der Waals surface area contributed by atoms with E-state index in [9.17, 15) is 9.59 Å². The summed E-state index contributed by atoms with van der Waals surface area (Å²) in [4.78, 5) is 29.2. The molecule has 3 rings (SSSR count). The molecular weight excluding hydrogens is 382 g/mol. The molecular formula is C22H25N5O3. The standard InChI is InChI=1S/C22H25N5O3/c1-30-11-10-22(8-9-22)27-20(28)17-6-7-19(25-14-17)26-21(29)18(13-24)16-4-2-15(12-23)3-5-16/h2,4-7,13-15H,3,8-11,24H2,1H3,(H,27,28)(H,25,26,29). The lowest BCUT2D eigenvalue weighted by molar-refractivity contribution is -0.112. The van der Waals surface area contributed by atoms with Crippen molar-refractivity contribution < 1.29 is 14.3 Å². The normalized spacial score (nSPS) is 19.4. The number of nitrogens with one attached hydrogen (secondary N) is 2. The summed E-state index contributed by atoms with van der Waals surface area (Å²) in [6.07, 6.45) is 11.1. The smallest absolute Gasteiger partial charge is 0.258 e. The Morgan fingerprint density at radius 3 is 2.77 bits per heavy atom. The minimum Gasteiger partial charge on any atom is -0.404 e. The van der Waals surface area contributed by atoms with E-state index in [-0.39, 0.29) is 17.4 Å². The van der Waals surface area contributed by atoms with Gasteiger partial charge in [-0.05, 0) is 43.4 Å². The van der Waals surface area contributed by atoms with E-state index in [1.54, 1.807) is 31.4 Å². The van der Waals surface area contributed by atoms with Crippen molar-refractivity contribution >= 4 is 17.6 Å². The van der Waals surface area contributed by atoms with Crippen molar-refractivity contribution in [1.82, 2.24) is 10.3 Å². The number of carbonyl (C=O) groups excluding carboxylic acids is 2. The first-order valence-corrected chi connectivity index (χ1v) is 9.79. The van der Waals surface area contributed by atoms with E-state index in [0.717, 1.165) is 19.3 Å². The number of nitrogens with two attached hydrogens (primary N) is 1. The van der Waals surface area contributed by atoms with E-state index in [4.69, 9.17) is 15.7 Å². The molecule has 2 amide bonds. The monoisotopic (exact) mass is 407 g/mol. The molecule has 0 aliphatic heterocycles. The summed E-state index contributed by atoms with van der Waals surface area (Å²) >= 11 is 0. The molecule has 1 heterocycles. The molecule has 0 radical (unpaired) electrons. The van der Waals surface area contributed by atoms with E-state index in [0.29, 0.717) is 35.6 Å². The number of nitrogens with zero attached hydrogens (tertiary/aromatic N) is 2. The maximum Gasteiger partial charge on any atom is 0.258 e. The van der Waals surface area contributed by atoms with Crippen LogP contribution in [0.4, 0.5) is 5.82 Å². The van der Waals surface area contributed by atoms with Crippen LogP contribution in [0.5, 0.6) is 0 Å².